The molecule has 2 rings (SSSR count). The van der Waals surface area contributed by atoms with Gasteiger partial charge in [0, 0.05) is 0 Å². The van der Waals surface area contributed by atoms with Crippen LogP contribution in [0.2, 0.25) is 0 Å². The molecule has 150 valence electrons. The molecular weight excluding hydrogens is 332 g/mol. The minimum absolute atomic E-state index is 0.206. The Kier molecular flexibility index (Phi) is 8.88. The van der Waals surface area contributed by atoms with E-state index in [1.54, 1.807) is 6.07 Å². The summed E-state index contributed by atoms with van der Waals surface area (Å²) >= 11 is 0. The second-order valence-corrected chi connectivity index (χ2v) is 7.99. The van der Waals surface area contributed by atoms with Gasteiger partial charge in [0.1, 0.15) is 11.5 Å². The summed E-state index contributed by atoms with van der Waals surface area (Å²) in [6.07, 6.45) is 4.05. The lowest BCUT2D eigenvalue weighted by Gasteiger charge is -2.24. The van der Waals surface area contributed by atoms with Crippen molar-refractivity contribution < 1.29 is 10.2 Å². The number of aromatic hydroxyl groups is 2. The summed E-state index contributed by atoms with van der Waals surface area (Å²) in [6.45, 7) is 15.2. The molecule has 2 N–H and O–H groups in total. The summed E-state index contributed by atoms with van der Waals surface area (Å²) in [6, 6.07) is 11.9. The molecule has 0 spiro atoms. The predicted molar refractivity (Wildman–Crippen MR) is 117 cm³/mol. The molecule has 0 amide bonds. The highest BCUT2D eigenvalue weighted by Crippen LogP contribution is 2.30. The first kappa shape index (κ1) is 23.1. The Morgan fingerprint density at radius 1 is 0.815 bits per heavy atom. The van der Waals surface area contributed by atoms with Crippen molar-refractivity contribution in [1.82, 2.24) is 0 Å². The Balaban J connectivity index is 0.000000271. The number of benzene rings is 2. The van der Waals surface area contributed by atoms with Crippen LogP contribution in [0.5, 0.6) is 11.5 Å². The number of hydrogen-bond acceptors (Lipinski definition) is 2. The van der Waals surface area contributed by atoms with E-state index < -0.39 is 0 Å². The van der Waals surface area contributed by atoms with Crippen LogP contribution in [0.4, 0.5) is 0 Å². The van der Waals surface area contributed by atoms with E-state index in [1.807, 2.05) is 18.2 Å². The zero-order valence-electron chi connectivity index (χ0n) is 18.3. The van der Waals surface area contributed by atoms with Gasteiger partial charge in [0.2, 0.25) is 0 Å². The van der Waals surface area contributed by atoms with Crippen molar-refractivity contribution in [1.29, 1.82) is 0 Å². The molecule has 0 saturated heterocycles. The van der Waals surface area contributed by atoms with E-state index in [1.165, 1.54) is 11.1 Å². The van der Waals surface area contributed by atoms with Gasteiger partial charge in [0.15, 0.2) is 0 Å². The van der Waals surface area contributed by atoms with Gasteiger partial charge in [0.25, 0.3) is 0 Å². The van der Waals surface area contributed by atoms with E-state index in [0.717, 1.165) is 36.8 Å². The van der Waals surface area contributed by atoms with Gasteiger partial charge in [-0.3, -0.25) is 0 Å². The van der Waals surface area contributed by atoms with Crippen LogP contribution in [0.25, 0.3) is 0 Å². The first-order valence-corrected chi connectivity index (χ1v) is 10.3. The molecule has 0 aliphatic rings. The minimum atomic E-state index is 0.206. The third-order valence-corrected chi connectivity index (χ3v) is 5.79. The molecule has 2 aromatic carbocycles. The van der Waals surface area contributed by atoms with Crippen molar-refractivity contribution in [3.63, 3.8) is 0 Å². The highest BCUT2D eigenvalue weighted by Gasteiger charge is 2.18. The summed E-state index contributed by atoms with van der Waals surface area (Å²) in [4.78, 5) is 0. The average Bonchev–Trinajstić information content (AvgIpc) is 2.68. The quantitative estimate of drug-likeness (QED) is 0.569. The van der Waals surface area contributed by atoms with Crippen molar-refractivity contribution >= 4 is 0 Å². The summed E-state index contributed by atoms with van der Waals surface area (Å²) in [5, 5.41) is 19.1. The van der Waals surface area contributed by atoms with Crippen molar-refractivity contribution in [2.75, 3.05) is 0 Å². The van der Waals surface area contributed by atoms with Crippen LogP contribution < -0.4 is 0 Å². The van der Waals surface area contributed by atoms with E-state index in [-0.39, 0.29) is 5.41 Å². The molecule has 2 nitrogen and oxygen atoms in total. The van der Waals surface area contributed by atoms with Crippen LogP contribution in [-0.4, -0.2) is 10.2 Å². The maximum atomic E-state index is 9.57. The summed E-state index contributed by atoms with van der Waals surface area (Å²) < 4.78 is 0. The van der Waals surface area contributed by atoms with Crippen LogP contribution >= 0.6 is 0 Å². The van der Waals surface area contributed by atoms with Crippen LogP contribution in [0, 0.1) is 0 Å². The normalized spacial score (nSPS) is 12.3. The molecule has 0 aliphatic heterocycles. The second-order valence-electron chi connectivity index (χ2n) is 7.99. The fraction of sp³-hybridized carbons (Fsp3) is 0.520. The van der Waals surface area contributed by atoms with Crippen LogP contribution in [-0.2, 0) is 18.3 Å². The fourth-order valence-corrected chi connectivity index (χ4v) is 2.92. The number of phenolic OH excluding ortho intramolecular Hbond substituents is 2. The van der Waals surface area contributed by atoms with E-state index >= 15 is 0 Å². The number of hydrogen-bond donors (Lipinski definition) is 2. The zero-order chi connectivity index (χ0) is 20.6. The molecule has 0 heterocycles. The molecule has 1 atom stereocenters. The van der Waals surface area contributed by atoms with E-state index in [4.69, 9.17) is 0 Å². The lowest BCUT2D eigenvalue weighted by atomic mass is 9.81. The summed E-state index contributed by atoms with van der Waals surface area (Å²) in [5.41, 5.74) is 4.95. The highest BCUT2D eigenvalue weighted by atomic mass is 16.3. The Hall–Kier alpha value is -1.96. The van der Waals surface area contributed by atoms with Gasteiger partial charge >= 0.3 is 0 Å². The third kappa shape index (κ3) is 6.30. The SMILES string of the molecule is CCc1cc(C(C)(C)CC)ccc1O.CCc1cc(C(C)CC)ccc1O. The molecule has 0 aromatic heterocycles. The van der Waals surface area contributed by atoms with E-state index in [9.17, 15) is 10.2 Å². The maximum absolute atomic E-state index is 9.57. The fourth-order valence-electron chi connectivity index (χ4n) is 2.92. The van der Waals surface area contributed by atoms with E-state index in [0.29, 0.717) is 17.4 Å². The highest BCUT2D eigenvalue weighted by molar-refractivity contribution is 5.39. The number of phenols is 2. The molecular formula is C25H38O2. The Labute approximate surface area is 166 Å². The molecule has 2 heteroatoms. The first-order valence-electron chi connectivity index (χ1n) is 10.3. The van der Waals surface area contributed by atoms with E-state index in [2.05, 4.69) is 60.6 Å². The summed E-state index contributed by atoms with van der Waals surface area (Å²) in [7, 11) is 0. The molecule has 0 aliphatic carbocycles. The molecule has 2 aromatic rings. The summed E-state index contributed by atoms with van der Waals surface area (Å²) in [5.74, 6) is 1.43. The zero-order valence-corrected chi connectivity index (χ0v) is 18.3. The minimum Gasteiger partial charge on any atom is -0.508 e. The van der Waals surface area contributed by atoms with Crippen molar-refractivity contribution in [3.8, 4) is 11.5 Å². The van der Waals surface area contributed by atoms with Crippen molar-refractivity contribution in [2.45, 2.75) is 85.5 Å². The molecule has 0 saturated carbocycles. The van der Waals surface area contributed by atoms with Crippen LogP contribution in [0.1, 0.15) is 89.5 Å². The first-order chi connectivity index (χ1) is 12.7. The lowest BCUT2D eigenvalue weighted by molar-refractivity contribution is 0.464. The largest absolute Gasteiger partial charge is 0.508 e. The molecule has 0 radical (unpaired) electrons. The van der Waals surface area contributed by atoms with Gasteiger partial charge in [-0.25, -0.2) is 0 Å². The van der Waals surface area contributed by atoms with Gasteiger partial charge in [0.05, 0.1) is 0 Å². The van der Waals surface area contributed by atoms with Gasteiger partial charge in [-0.05, 0) is 71.4 Å². The van der Waals surface area contributed by atoms with Gasteiger partial charge in [-0.1, -0.05) is 72.7 Å². The van der Waals surface area contributed by atoms with Crippen LogP contribution in [0.3, 0.4) is 0 Å². The standard InChI is InChI=1S/C13H20O.C12H18O/c1-5-10-9-11(7-8-12(10)14)13(3,4)6-2;1-4-9(3)11-6-7-12(13)10(5-2)8-11/h7-9,14H,5-6H2,1-4H3;6-9,13H,4-5H2,1-3H3. The number of aryl methyl sites for hydroxylation is 2. The Bertz CT molecular complexity index is 716. The van der Waals surface area contributed by atoms with Crippen molar-refractivity contribution in [2.24, 2.45) is 0 Å². The molecule has 1 unspecified atom stereocenters. The molecule has 0 bridgehead atoms. The smallest absolute Gasteiger partial charge is 0.118 e. The average molecular weight is 371 g/mol. The molecule has 27 heavy (non-hydrogen) atoms. The number of rotatable bonds is 6. The Morgan fingerprint density at radius 2 is 1.33 bits per heavy atom. The lowest BCUT2D eigenvalue weighted by Crippen LogP contribution is -2.15. The maximum Gasteiger partial charge on any atom is 0.118 e. The van der Waals surface area contributed by atoms with Gasteiger partial charge in [-0.2, -0.15) is 0 Å². The van der Waals surface area contributed by atoms with Crippen LogP contribution in [0.15, 0.2) is 36.4 Å². The third-order valence-electron chi connectivity index (χ3n) is 5.79. The van der Waals surface area contributed by atoms with Gasteiger partial charge in [-0.15, -0.1) is 0 Å². The van der Waals surface area contributed by atoms with Gasteiger partial charge < -0.3 is 10.2 Å². The van der Waals surface area contributed by atoms with Crippen molar-refractivity contribution in [3.05, 3.63) is 58.7 Å². The second kappa shape index (κ2) is 10.4. The predicted octanol–water partition coefficient (Wildman–Crippen LogP) is 7.11. The Morgan fingerprint density at radius 3 is 1.81 bits per heavy atom. The molecule has 0 fully saturated rings. The monoisotopic (exact) mass is 370 g/mol. The topological polar surface area (TPSA) is 40.5 Å².